The van der Waals surface area contributed by atoms with Gasteiger partial charge in [0.1, 0.15) is 5.75 Å². The van der Waals surface area contributed by atoms with Gasteiger partial charge in [-0.05, 0) is 38.1 Å². The van der Waals surface area contributed by atoms with Crippen LogP contribution in [0, 0.1) is 13.8 Å². The second-order valence-corrected chi connectivity index (χ2v) is 6.43. The number of rotatable bonds is 6. The van der Waals surface area contributed by atoms with E-state index in [2.05, 4.69) is 5.32 Å². The fraction of sp³-hybridized carbons (Fsp3) is 0.130. The van der Waals surface area contributed by atoms with E-state index in [1.807, 2.05) is 38.1 Å². The second kappa shape index (κ2) is 8.32. The number of ether oxygens (including phenoxy) is 1. The number of aryl methyl sites for hydroxylation is 2. The molecule has 0 aliphatic carbocycles. The van der Waals surface area contributed by atoms with Crippen LogP contribution in [0.2, 0.25) is 0 Å². The van der Waals surface area contributed by atoms with Crippen molar-refractivity contribution >= 4 is 17.4 Å². The Morgan fingerprint density at radius 1 is 0.815 bits per heavy atom. The van der Waals surface area contributed by atoms with Crippen molar-refractivity contribution in [3.63, 3.8) is 0 Å². The zero-order chi connectivity index (χ0) is 19.2. The van der Waals surface area contributed by atoms with Crippen molar-refractivity contribution in [2.24, 2.45) is 0 Å². The number of nitrogens with one attached hydrogen (secondary N) is 1. The number of benzene rings is 3. The van der Waals surface area contributed by atoms with Crippen LogP contribution in [0.4, 0.5) is 5.69 Å². The van der Waals surface area contributed by atoms with Crippen LogP contribution in [0.15, 0.2) is 72.8 Å². The van der Waals surface area contributed by atoms with Gasteiger partial charge in [-0.2, -0.15) is 0 Å². The number of ketones is 1. The SMILES string of the molecule is Cc1ccc(C(=O)COc2cccc(NC(=O)c3ccc(C)cc3)c2)cc1. The highest BCUT2D eigenvalue weighted by Gasteiger charge is 2.09. The number of carbonyl (C=O) groups is 2. The molecule has 0 bridgehead atoms. The van der Waals surface area contributed by atoms with E-state index < -0.39 is 0 Å². The molecule has 4 nitrogen and oxygen atoms in total. The number of hydrogen-bond donors (Lipinski definition) is 1. The third-order valence-corrected chi connectivity index (χ3v) is 4.15. The van der Waals surface area contributed by atoms with E-state index >= 15 is 0 Å². The molecule has 136 valence electrons. The van der Waals surface area contributed by atoms with E-state index in [0.717, 1.165) is 11.1 Å². The minimum atomic E-state index is -0.192. The molecule has 1 N–H and O–H groups in total. The lowest BCUT2D eigenvalue weighted by Crippen LogP contribution is -2.13. The first-order valence-electron chi connectivity index (χ1n) is 8.72. The van der Waals surface area contributed by atoms with Gasteiger partial charge in [0.15, 0.2) is 12.4 Å². The Bertz CT molecular complexity index is 944. The van der Waals surface area contributed by atoms with Gasteiger partial charge in [-0.1, -0.05) is 53.6 Å². The molecule has 3 aromatic rings. The predicted molar refractivity (Wildman–Crippen MR) is 107 cm³/mol. The van der Waals surface area contributed by atoms with Crippen LogP contribution in [0.3, 0.4) is 0 Å². The molecule has 0 unspecified atom stereocenters. The van der Waals surface area contributed by atoms with E-state index in [4.69, 9.17) is 4.74 Å². The standard InChI is InChI=1S/C23H21NO3/c1-16-6-10-18(11-7-16)22(25)15-27-21-5-3-4-20(14-21)24-23(26)19-12-8-17(2)9-13-19/h3-14H,15H2,1-2H3,(H,24,26). The summed E-state index contributed by atoms with van der Waals surface area (Å²) in [5.74, 6) is 0.240. The Morgan fingerprint density at radius 3 is 2.04 bits per heavy atom. The van der Waals surface area contributed by atoms with Gasteiger partial charge >= 0.3 is 0 Å². The molecule has 3 aromatic carbocycles. The normalized spacial score (nSPS) is 10.3. The van der Waals surface area contributed by atoms with Gasteiger partial charge < -0.3 is 10.1 Å². The summed E-state index contributed by atoms with van der Waals surface area (Å²) in [6.07, 6.45) is 0. The van der Waals surface area contributed by atoms with Crippen molar-refractivity contribution in [3.05, 3.63) is 95.1 Å². The van der Waals surface area contributed by atoms with E-state index in [9.17, 15) is 9.59 Å². The molecule has 0 saturated heterocycles. The van der Waals surface area contributed by atoms with Crippen LogP contribution in [0.1, 0.15) is 31.8 Å². The number of carbonyl (C=O) groups excluding carboxylic acids is 2. The minimum Gasteiger partial charge on any atom is -0.485 e. The number of hydrogen-bond acceptors (Lipinski definition) is 3. The monoisotopic (exact) mass is 359 g/mol. The topological polar surface area (TPSA) is 55.4 Å². The summed E-state index contributed by atoms with van der Waals surface area (Å²) in [4.78, 5) is 24.5. The van der Waals surface area contributed by atoms with Gasteiger partial charge in [-0.15, -0.1) is 0 Å². The maximum absolute atomic E-state index is 12.3. The fourth-order valence-corrected chi connectivity index (χ4v) is 2.54. The first-order chi connectivity index (χ1) is 13.0. The lowest BCUT2D eigenvalue weighted by atomic mass is 10.1. The minimum absolute atomic E-state index is 0.0571. The van der Waals surface area contributed by atoms with Crippen molar-refractivity contribution in [1.29, 1.82) is 0 Å². The highest BCUT2D eigenvalue weighted by Crippen LogP contribution is 2.19. The zero-order valence-electron chi connectivity index (χ0n) is 15.4. The zero-order valence-corrected chi connectivity index (χ0v) is 15.4. The van der Waals surface area contributed by atoms with Gasteiger partial charge in [-0.3, -0.25) is 9.59 Å². The molecule has 0 radical (unpaired) electrons. The molecule has 0 aliphatic rings. The average Bonchev–Trinajstić information content (AvgIpc) is 2.67. The molecule has 3 rings (SSSR count). The maximum atomic E-state index is 12.3. The van der Waals surface area contributed by atoms with Crippen molar-refractivity contribution in [2.45, 2.75) is 13.8 Å². The van der Waals surface area contributed by atoms with E-state index in [1.165, 1.54) is 0 Å². The van der Waals surface area contributed by atoms with Crippen LogP contribution >= 0.6 is 0 Å². The van der Waals surface area contributed by atoms with Crippen molar-refractivity contribution in [2.75, 3.05) is 11.9 Å². The van der Waals surface area contributed by atoms with Gasteiger partial charge in [-0.25, -0.2) is 0 Å². The molecule has 0 aromatic heterocycles. The lowest BCUT2D eigenvalue weighted by Gasteiger charge is -2.09. The molecule has 0 aliphatic heterocycles. The largest absolute Gasteiger partial charge is 0.485 e. The van der Waals surface area contributed by atoms with Gasteiger partial charge in [0.05, 0.1) is 0 Å². The van der Waals surface area contributed by atoms with Gasteiger partial charge in [0, 0.05) is 22.9 Å². The van der Waals surface area contributed by atoms with Crippen LogP contribution in [0.5, 0.6) is 5.75 Å². The number of anilines is 1. The Balaban J connectivity index is 1.61. The Morgan fingerprint density at radius 2 is 1.41 bits per heavy atom. The molecule has 27 heavy (non-hydrogen) atoms. The van der Waals surface area contributed by atoms with Crippen LogP contribution in [-0.2, 0) is 0 Å². The average molecular weight is 359 g/mol. The molecule has 1 amide bonds. The molecule has 0 spiro atoms. The summed E-state index contributed by atoms with van der Waals surface area (Å²) >= 11 is 0. The van der Waals surface area contributed by atoms with Gasteiger partial charge in [0.25, 0.3) is 5.91 Å². The Labute approximate surface area is 158 Å². The summed E-state index contributed by atoms with van der Waals surface area (Å²) in [6, 6.07) is 21.7. The summed E-state index contributed by atoms with van der Waals surface area (Å²) < 4.78 is 5.60. The summed E-state index contributed by atoms with van der Waals surface area (Å²) in [5, 5.41) is 2.84. The number of amides is 1. The molecule has 4 heteroatoms. The summed E-state index contributed by atoms with van der Waals surface area (Å²) in [7, 11) is 0. The van der Waals surface area contributed by atoms with Crippen LogP contribution < -0.4 is 10.1 Å². The smallest absolute Gasteiger partial charge is 0.255 e. The second-order valence-electron chi connectivity index (χ2n) is 6.43. The quantitative estimate of drug-likeness (QED) is 0.642. The molecule has 0 atom stereocenters. The van der Waals surface area contributed by atoms with E-state index in [1.54, 1.807) is 48.5 Å². The Kier molecular flexibility index (Phi) is 5.67. The van der Waals surface area contributed by atoms with Crippen molar-refractivity contribution in [3.8, 4) is 5.75 Å². The van der Waals surface area contributed by atoms with Crippen molar-refractivity contribution in [1.82, 2.24) is 0 Å². The lowest BCUT2D eigenvalue weighted by molar-refractivity contribution is 0.0920. The first kappa shape index (κ1) is 18.4. The molecule has 0 saturated carbocycles. The van der Waals surface area contributed by atoms with E-state index in [0.29, 0.717) is 22.6 Å². The molecule has 0 heterocycles. The predicted octanol–water partition coefficient (Wildman–Crippen LogP) is 4.82. The summed E-state index contributed by atoms with van der Waals surface area (Å²) in [6.45, 7) is 3.89. The highest BCUT2D eigenvalue weighted by molar-refractivity contribution is 6.04. The number of Topliss-reactive ketones (excluding diaryl/α,β-unsaturated/α-hetero) is 1. The van der Waals surface area contributed by atoms with Crippen LogP contribution in [-0.4, -0.2) is 18.3 Å². The molecular formula is C23H21NO3. The third kappa shape index (κ3) is 5.05. The Hall–Kier alpha value is -3.40. The third-order valence-electron chi connectivity index (χ3n) is 4.15. The maximum Gasteiger partial charge on any atom is 0.255 e. The molecular weight excluding hydrogens is 338 g/mol. The van der Waals surface area contributed by atoms with Gasteiger partial charge in [0.2, 0.25) is 0 Å². The van der Waals surface area contributed by atoms with E-state index in [-0.39, 0.29) is 18.3 Å². The first-order valence-corrected chi connectivity index (χ1v) is 8.72. The summed E-state index contributed by atoms with van der Waals surface area (Å²) in [5.41, 5.74) is 4.01. The highest BCUT2D eigenvalue weighted by atomic mass is 16.5. The van der Waals surface area contributed by atoms with Crippen molar-refractivity contribution < 1.29 is 14.3 Å². The molecule has 0 fully saturated rings. The van der Waals surface area contributed by atoms with Crippen LogP contribution in [0.25, 0.3) is 0 Å². The fourth-order valence-electron chi connectivity index (χ4n) is 2.54.